The topological polar surface area (TPSA) is 32.3 Å². The van der Waals surface area contributed by atoms with E-state index in [0.29, 0.717) is 17.9 Å². The van der Waals surface area contributed by atoms with Gasteiger partial charge in [0.05, 0.1) is 0 Å². The average molecular weight is 301 g/mol. The van der Waals surface area contributed by atoms with Gasteiger partial charge in [0.15, 0.2) is 0 Å². The van der Waals surface area contributed by atoms with E-state index in [1.54, 1.807) is 0 Å². The summed E-state index contributed by atoms with van der Waals surface area (Å²) in [6.45, 7) is 5.33. The number of piperidine rings is 1. The van der Waals surface area contributed by atoms with E-state index in [1.165, 1.54) is 25.7 Å². The SMILES string of the molecule is CCCN(C(=O)C1C2CCCCC21)C1CCNCC1.Cl. The summed E-state index contributed by atoms with van der Waals surface area (Å²) in [5, 5.41) is 3.41. The summed E-state index contributed by atoms with van der Waals surface area (Å²) in [6.07, 6.45) is 8.72. The number of hydrogen-bond donors (Lipinski definition) is 1. The van der Waals surface area contributed by atoms with Crippen LogP contribution in [0.25, 0.3) is 0 Å². The molecule has 3 fully saturated rings. The van der Waals surface area contributed by atoms with Crippen molar-refractivity contribution in [3.63, 3.8) is 0 Å². The van der Waals surface area contributed by atoms with Crippen LogP contribution in [0, 0.1) is 17.8 Å². The molecule has 0 bridgehead atoms. The minimum Gasteiger partial charge on any atom is -0.339 e. The maximum Gasteiger partial charge on any atom is 0.226 e. The molecule has 1 N–H and O–H groups in total. The number of nitrogens with zero attached hydrogens (tertiary/aromatic N) is 1. The molecule has 2 saturated carbocycles. The Kier molecular flexibility index (Phi) is 5.74. The van der Waals surface area contributed by atoms with Crippen LogP contribution in [0.4, 0.5) is 0 Å². The summed E-state index contributed by atoms with van der Waals surface area (Å²) >= 11 is 0. The molecular formula is C16H29ClN2O. The number of carbonyl (C=O) groups is 1. The molecule has 1 aliphatic heterocycles. The molecule has 116 valence electrons. The summed E-state index contributed by atoms with van der Waals surface area (Å²) in [6, 6.07) is 0.511. The lowest BCUT2D eigenvalue weighted by atomic mass is 10.0. The fourth-order valence-electron chi connectivity index (χ4n) is 4.38. The van der Waals surface area contributed by atoms with Gasteiger partial charge in [-0.3, -0.25) is 4.79 Å². The van der Waals surface area contributed by atoms with Crippen LogP contribution in [-0.2, 0) is 4.79 Å². The smallest absolute Gasteiger partial charge is 0.226 e. The Morgan fingerprint density at radius 2 is 1.70 bits per heavy atom. The fraction of sp³-hybridized carbons (Fsp3) is 0.938. The third-order valence-corrected chi connectivity index (χ3v) is 5.44. The van der Waals surface area contributed by atoms with Gasteiger partial charge in [-0.05, 0) is 57.0 Å². The van der Waals surface area contributed by atoms with Crippen molar-refractivity contribution in [2.24, 2.45) is 17.8 Å². The van der Waals surface area contributed by atoms with E-state index >= 15 is 0 Å². The van der Waals surface area contributed by atoms with Crippen LogP contribution in [-0.4, -0.2) is 36.5 Å². The first kappa shape index (κ1) is 16.1. The summed E-state index contributed by atoms with van der Waals surface area (Å²) in [5.41, 5.74) is 0. The van der Waals surface area contributed by atoms with Crippen molar-refractivity contribution in [3.8, 4) is 0 Å². The molecule has 0 aromatic rings. The number of fused-ring (bicyclic) bond motifs is 1. The van der Waals surface area contributed by atoms with Crippen molar-refractivity contribution in [2.75, 3.05) is 19.6 Å². The maximum absolute atomic E-state index is 12.9. The van der Waals surface area contributed by atoms with Gasteiger partial charge in [0, 0.05) is 18.5 Å². The van der Waals surface area contributed by atoms with Gasteiger partial charge in [0.25, 0.3) is 0 Å². The van der Waals surface area contributed by atoms with Crippen LogP contribution in [0.2, 0.25) is 0 Å². The second kappa shape index (κ2) is 7.13. The number of amides is 1. The van der Waals surface area contributed by atoms with Crippen LogP contribution in [0.1, 0.15) is 51.9 Å². The lowest BCUT2D eigenvalue weighted by molar-refractivity contribution is -0.136. The molecule has 0 aromatic carbocycles. The normalized spacial score (nSPS) is 33.0. The number of nitrogens with one attached hydrogen (secondary N) is 1. The summed E-state index contributed by atoms with van der Waals surface area (Å²) in [5.74, 6) is 2.42. The highest BCUT2D eigenvalue weighted by atomic mass is 35.5. The second-order valence-corrected chi connectivity index (χ2v) is 6.65. The first-order valence-corrected chi connectivity index (χ1v) is 8.34. The molecule has 1 heterocycles. The van der Waals surface area contributed by atoms with Crippen LogP contribution < -0.4 is 5.32 Å². The van der Waals surface area contributed by atoms with Gasteiger partial charge in [-0.15, -0.1) is 12.4 Å². The molecular weight excluding hydrogens is 272 g/mol. The van der Waals surface area contributed by atoms with Crippen molar-refractivity contribution >= 4 is 18.3 Å². The standard InChI is InChI=1S/C16H28N2O.ClH/c1-2-11-18(12-7-9-17-10-8-12)16(19)15-13-5-3-4-6-14(13)15;/h12-15,17H,2-11H2,1H3;1H. The van der Waals surface area contributed by atoms with E-state index in [9.17, 15) is 4.79 Å². The number of carbonyl (C=O) groups excluding carboxylic acids is 1. The fourth-order valence-corrected chi connectivity index (χ4v) is 4.38. The highest BCUT2D eigenvalue weighted by Gasteiger charge is 2.56. The summed E-state index contributed by atoms with van der Waals surface area (Å²) in [7, 11) is 0. The van der Waals surface area contributed by atoms with Gasteiger partial charge in [-0.25, -0.2) is 0 Å². The largest absolute Gasteiger partial charge is 0.339 e. The van der Waals surface area contributed by atoms with Crippen LogP contribution in [0.15, 0.2) is 0 Å². The lowest BCUT2D eigenvalue weighted by Gasteiger charge is -2.35. The Labute approximate surface area is 129 Å². The molecule has 20 heavy (non-hydrogen) atoms. The van der Waals surface area contributed by atoms with Crippen molar-refractivity contribution in [1.82, 2.24) is 10.2 Å². The first-order valence-electron chi connectivity index (χ1n) is 8.34. The highest BCUT2D eigenvalue weighted by molar-refractivity contribution is 5.85. The van der Waals surface area contributed by atoms with E-state index in [1.807, 2.05) is 0 Å². The van der Waals surface area contributed by atoms with E-state index in [4.69, 9.17) is 0 Å². The Balaban J connectivity index is 0.00000147. The number of hydrogen-bond acceptors (Lipinski definition) is 2. The number of halogens is 1. The zero-order chi connectivity index (χ0) is 13.2. The molecule has 0 aromatic heterocycles. The molecule has 2 atom stereocenters. The molecule has 0 radical (unpaired) electrons. The lowest BCUT2D eigenvalue weighted by Crippen LogP contribution is -2.47. The Morgan fingerprint density at radius 1 is 1.10 bits per heavy atom. The zero-order valence-corrected chi connectivity index (χ0v) is 13.5. The van der Waals surface area contributed by atoms with Crippen molar-refractivity contribution in [3.05, 3.63) is 0 Å². The van der Waals surface area contributed by atoms with Gasteiger partial charge >= 0.3 is 0 Å². The predicted octanol–water partition coefficient (Wildman–Crippen LogP) is 2.84. The third kappa shape index (κ3) is 3.14. The molecule has 4 heteroatoms. The molecule has 3 aliphatic rings. The minimum atomic E-state index is 0. The monoisotopic (exact) mass is 300 g/mol. The van der Waals surface area contributed by atoms with Crippen molar-refractivity contribution < 1.29 is 4.79 Å². The molecule has 2 aliphatic carbocycles. The maximum atomic E-state index is 12.9. The quantitative estimate of drug-likeness (QED) is 0.866. The van der Waals surface area contributed by atoms with Gasteiger partial charge in [0.1, 0.15) is 0 Å². The molecule has 2 unspecified atom stereocenters. The Morgan fingerprint density at radius 3 is 2.25 bits per heavy atom. The van der Waals surface area contributed by atoms with Crippen LogP contribution >= 0.6 is 12.4 Å². The Bertz CT molecular complexity index is 318. The van der Waals surface area contributed by atoms with E-state index < -0.39 is 0 Å². The minimum absolute atomic E-state index is 0. The van der Waals surface area contributed by atoms with Crippen LogP contribution in [0.3, 0.4) is 0 Å². The van der Waals surface area contributed by atoms with Gasteiger partial charge < -0.3 is 10.2 Å². The second-order valence-electron chi connectivity index (χ2n) is 6.65. The molecule has 3 nitrogen and oxygen atoms in total. The molecule has 3 rings (SSSR count). The molecule has 1 saturated heterocycles. The van der Waals surface area contributed by atoms with Gasteiger partial charge in [-0.2, -0.15) is 0 Å². The third-order valence-electron chi connectivity index (χ3n) is 5.44. The van der Waals surface area contributed by atoms with E-state index in [2.05, 4.69) is 17.1 Å². The van der Waals surface area contributed by atoms with Crippen LogP contribution in [0.5, 0.6) is 0 Å². The number of rotatable bonds is 4. The average Bonchev–Trinajstić information content (AvgIpc) is 3.19. The summed E-state index contributed by atoms with van der Waals surface area (Å²) < 4.78 is 0. The molecule has 0 spiro atoms. The van der Waals surface area contributed by atoms with Crippen molar-refractivity contribution in [1.29, 1.82) is 0 Å². The zero-order valence-electron chi connectivity index (χ0n) is 12.6. The summed E-state index contributed by atoms with van der Waals surface area (Å²) in [4.78, 5) is 15.1. The van der Waals surface area contributed by atoms with Crippen molar-refractivity contribution in [2.45, 2.75) is 57.9 Å². The molecule has 1 amide bonds. The van der Waals surface area contributed by atoms with Gasteiger partial charge in [0.2, 0.25) is 5.91 Å². The van der Waals surface area contributed by atoms with E-state index in [0.717, 1.165) is 50.7 Å². The Hall–Kier alpha value is -0.280. The van der Waals surface area contributed by atoms with Gasteiger partial charge in [-0.1, -0.05) is 19.8 Å². The predicted molar refractivity (Wildman–Crippen MR) is 84.1 cm³/mol. The van der Waals surface area contributed by atoms with E-state index in [-0.39, 0.29) is 12.4 Å². The first-order chi connectivity index (χ1) is 9.33. The highest BCUT2D eigenvalue weighted by Crippen LogP contribution is 2.56.